The Balaban J connectivity index is 2.60. The number of para-hydroxylation sites is 1. The Morgan fingerprint density at radius 3 is 2.93 bits per heavy atom. The fourth-order valence-corrected chi connectivity index (χ4v) is 1.58. The molecule has 0 unspecified atom stereocenters. The fraction of sp³-hybridized carbons (Fsp3) is 0.200. The quantitative estimate of drug-likeness (QED) is 0.752. The highest BCUT2D eigenvalue weighted by molar-refractivity contribution is 5.86. The van der Waals surface area contributed by atoms with Crippen molar-refractivity contribution < 1.29 is 4.79 Å². The first kappa shape index (κ1) is 8.74. The van der Waals surface area contributed by atoms with Gasteiger partial charge in [0, 0.05) is 12.4 Å². The predicted molar refractivity (Wildman–Crippen MR) is 53.6 cm³/mol. The number of fused-ring (bicyclic) bond motifs is 1. The number of nitrogens with zero attached hydrogens (tertiary/aromatic N) is 2. The highest BCUT2D eigenvalue weighted by Gasteiger charge is 2.09. The summed E-state index contributed by atoms with van der Waals surface area (Å²) in [5, 5.41) is 5.24. The number of aromatic nitrogens is 2. The van der Waals surface area contributed by atoms with Gasteiger partial charge in [0.25, 0.3) is 0 Å². The lowest BCUT2D eigenvalue weighted by atomic mass is 10.1. The Morgan fingerprint density at radius 2 is 2.21 bits per heavy atom. The Labute approximate surface area is 81.3 Å². The van der Waals surface area contributed by atoms with Crippen LogP contribution in [0.4, 0.5) is 0 Å². The standard InChI is InChI=1S/C10H11N3O/c1-13-9-5-3-2-4-7(9)8(12-13)6-10(11)14/h2-5H,6H2,1H3,(H2,11,14). The first-order valence-corrected chi connectivity index (χ1v) is 4.37. The molecule has 1 heterocycles. The number of nitrogens with two attached hydrogens (primary N) is 1. The Morgan fingerprint density at radius 1 is 1.50 bits per heavy atom. The Bertz CT molecular complexity index is 487. The van der Waals surface area contributed by atoms with Crippen LogP contribution in [0.2, 0.25) is 0 Å². The number of hydrogen-bond acceptors (Lipinski definition) is 2. The van der Waals surface area contributed by atoms with E-state index >= 15 is 0 Å². The van der Waals surface area contributed by atoms with E-state index in [1.165, 1.54) is 0 Å². The molecule has 2 rings (SSSR count). The molecule has 4 nitrogen and oxygen atoms in total. The van der Waals surface area contributed by atoms with Crippen LogP contribution < -0.4 is 5.73 Å². The largest absolute Gasteiger partial charge is 0.369 e. The summed E-state index contributed by atoms with van der Waals surface area (Å²) in [4.78, 5) is 10.8. The van der Waals surface area contributed by atoms with Gasteiger partial charge in [0.1, 0.15) is 0 Å². The minimum atomic E-state index is -0.353. The third-order valence-electron chi connectivity index (χ3n) is 2.18. The lowest BCUT2D eigenvalue weighted by molar-refractivity contribution is -0.117. The van der Waals surface area contributed by atoms with Gasteiger partial charge in [-0.05, 0) is 6.07 Å². The van der Waals surface area contributed by atoms with Crippen LogP contribution in [0.3, 0.4) is 0 Å². The maximum Gasteiger partial charge on any atom is 0.223 e. The van der Waals surface area contributed by atoms with Crippen molar-refractivity contribution in [1.82, 2.24) is 9.78 Å². The molecule has 1 aromatic carbocycles. The van der Waals surface area contributed by atoms with Crippen molar-refractivity contribution in [1.29, 1.82) is 0 Å². The summed E-state index contributed by atoms with van der Waals surface area (Å²) in [6.45, 7) is 0. The van der Waals surface area contributed by atoms with E-state index in [9.17, 15) is 4.79 Å². The van der Waals surface area contributed by atoms with E-state index in [1.54, 1.807) is 4.68 Å². The summed E-state index contributed by atoms with van der Waals surface area (Å²) >= 11 is 0. The highest BCUT2D eigenvalue weighted by Crippen LogP contribution is 2.17. The molecule has 4 heteroatoms. The molecule has 0 radical (unpaired) electrons. The second-order valence-corrected chi connectivity index (χ2v) is 3.23. The molecular weight excluding hydrogens is 178 g/mol. The van der Waals surface area contributed by atoms with Crippen LogP contribution in [0.25, 0.3) is 10.9 Å². The summed E-state index contributed by atoms with van der Waals surface area (Å²) < 4.78 is 1.76. The zero-order chi connectivity index (χ0) is 10.1. The summed E-state index contributed by atoms with van der Waals surface area (Å²) in [5.41, 5.74) is 6.90. The van der Waals surface area contributed by atoms with Crippen molar-refractivity contribution in [3.8, 4) is 0 Å². The third kappa shape index (κ3) is 1.35. The smallest absolute Gasteiger partial charge is 0.223 e. The average Bonchev–Trinajstić information content (AvgIpc) is 2.44. The molecule has 2 aromatic rings. The minimum Gasteiger partial charge on any atom is -0.369 e. The summed E-state index contributed by atoms with van der Waals surface area (Å²) in [7, 11) is 1.85. The molecule has 0 atom stereocenters. The van der Waals surface area contributed by atoms with Gasteiger partial charge in [-0.1, -0.05) is 18.2 Å². The molecule has 0 saturated carbocycles. The monoisotopic (exact) mass is 189 g/mol. The molecule has 0 spiro atoms. The molecule has 0 fully saturated rings. The average molecular weight is 189 g/mol. The van der Waals surface area contributed by atoms with Crippen LogP contribution in [-0.4, -0.2) is 15.7 Å². The summed E-state index contributed by atoms with van der Waals surface area (Å²) in [6, 6.07) is 7.78. The second kappa shape index (κ2) is 3.14. The fourth-order valence-electron chi connectivity index (χ4n) is 1.58. The van der Waals surface area contributed by atoms with Crippen LogP contribution in [0.15, 0.2) is 24.3 Å². The minimum absolute atomic E-state index is 0.196. The molecule has 14 heavy (non-hydrogen) atoms. The number of carbonyl (C=O) groups excluding carboxylic acids is 1. The van der Waals surface area contributed by atoms with Crippen LogP contribution in [0, 0.1) is 0 Å². The van der Waals surface area contributed by atoms with Crippen molar-refractivity contribution in [2.45, 2.75) is 6.42 Å². The van der Waals surface area contributed by atoms with Crippen LogP contribution in [0.5, 0.6) is 0 Å². The zero-order valence-electron chi connectivity index (χ0n) is 7.90. The van der Waals surface area contributed by atoms with Crippen LogP contribution in [-0.2, 0) is 18.3 Å². The van der Waals surface area contributed by atoms with E-state index in [0.717, 1.165) is 16.6 Å². The molecule has 0 aliphatic carbocycles. The van der Waals surface area contributed by atoms with Gasteiger partial charge in [-0.2, -0.15) is 5.10 Å². The maximum absolute atomic E-state index is 10.8. The van der Waals surface area contributed by atoms with E-state index in [4.69, 9.17) is 5.73 Å². The molecule has 1 aromatic heterocycles. The van der Waals surface area contributed by atoms with E-state index < -0.39 is 0 Å². The molecule has 0 aliphatic heterocycles. The van der Waals surface area contributed by atoms with Crippen molar-refractivity contribution in [2.24, 2.45) is 12.8 Å². The van der Waals surface area contributed by atoms with E-state index in [0.29, 0.717) is 0 Å². The van der Waals surface area contributed by atoms with Crippen molar-refractivity contribution in [3.63, 3.8) is 0 Å². The number of primary amides is 1. The topological polar surface area (TPSA) is 60.9 Å². The van der Waals surface area contributed by atoms with E-state index in [1.807, 2.05) is 31.3 Å². The number of hydrogen-bond donors (Lipinski definition) is 1. The summed E-state index contributed by atoms with van der Waals surface area (Å²) in [6.07, 6.45) is 0.196. The first-order valence-electron chi connectivity index (χ1n) is 4.37. The number of rotatable bonds is 2. The number of benzene rings is 1. The van der Waals surface area contributed by atoms with Gasteiger partial charge in [-0.25, -0.2) is 0 Å². The molecular formula is C10H11N3O. The lowest BCUT2D eigenvalue weighted by Crippen LogP contribution is -2.14. The van der Waals surface area contributed by atoms with Gasteiger partial charge in [0.05, 0.1) is 17.6 Å². The summed E-state index contributed by atoms with van der Waals surface area (Å²) in [5.74, 6) is -0.353. The van der Waals surface area contributed by atoms with Crippen molar-refractivity contribution in [2.75, 3.05) is 0 Å². The molecule has 0 bridgehead atoms. The lowest BCUT2D eigenvalue weighted by Gasteiger charge is -1.91. The van der Waals surface area contributed by atoms with Gasteiger partial charge in [0.2, 0.25) is 5.91 Å². The van der Waals surface area contributed by atoms with Crippen molar-refractivity contribution >= 4 is 16.8 Å². The number of amides is 1. The van der Waals surface area contributed by atoms with Gasteiger partial charge >= 0.3 is 0 Å². The van der Waals surface area contributed by atoms with E-state index in [-0.39, 0.29) is 12.3 Å². The Kier molecular flexibility index (Phi) is 1.96. The molecule has 72 valence electrons. The zero-order valence-corrected chi connectivity index (χ0v) is 7.90. The van der Waals surface area contributed by atoms with Crippen LogP contribution in [0.1, 0.15) is 5.69 Å². The molecule has 2 N–H and O–H groups in total. The number of aryl methyl sites for hydroxylation is 1. The van der Waals surface area contributed by atoms with Gasteiger partial charge < -0.3 is 5.73 Å². The predicted octanol–water partition coefficient (Wildman–Crippen LogP) is 0.601. The SMILES string of the molecule is Cn1nc(CC(N)=O)c2ccccc21. The van der Waals surface area contributed by atoms with Gasteiger partial charge in [-0.3, -0.25) is 9.48 Å². The van der Waals surface area contributed by atoms with Gasteiger partial charge in [0.15, 0.2) is 0 Å². The highest BCUT2D eigenvalue weighted by atomic mass is 16.1. The molecule has 1 amide bonds. The molecule has 0 aliphatic rings. The van der Waals surface area contributed by atoms with Gasteiger partial charge in [-0.15, -0.1) is 0 Å². The van der Waals surface area contributed by atoms with E-state index in [2.05, 4.69) is 5.10 Å². The maximum atomic E-state index is 10.8. The third-order valence-corrected chi connectivity index (χ3v) is 2.18. The van der Waals surface area contributed by atoms with Crippen LogP contribution >= 0.6 is 0 Å². The molecule has 0 saturated heterocycles. The first-order chi connectivity index (χ1) is 6.68. The second-order valence-electron chi connectivity index (χ2n) is 3.23. The number of carbonyl (C=O) groups is 1. The normalized spacial score (nSPS) is 10.6. The Hall–Kier alpha value is -1.84. The van der Waals surface area contributed by atoms with Crippen molar-refractivity contribution in [3.05, 3.63) is 30.0 Å².